The van der Waals surface area contributed by atoms with Crippen LogP contribution in [0.15, 0.2) is 60.8 Å². The van der Waals surface area contributed by atoms with Crippen molar-refractivity contribution in [3.63, 3.8) is 0 Å². The quantitative estimate of drug-likeness (QED) is 0.0252. The van der Waals surface area contributed by atoms with Gasteiger partial charge in [-0.3, -0.25) is 19.2 Å². The van der Waals surface area contributed by atoms with E-state index in [2.05, 4.69) is 95.4 Å². The Morgan fingerprint density at radius 2 is 0.395 bits per heavy atom. The molecule has 0 aromatic rings. The third-order valence-corrected chi connectivity index (χ3v) is 25.2. The van der Waals surface area contributed by atoms with Gasteiger partial charge in [0.15, 0.2) is 6.10 Å². The smallest absolute Gasteiger partial charge is 0.306 e. The molecule has 10 nitrogen and oxygen atoms in total. The van der Waals surface area contributed by atoms with Crippen LogP contribution >= 0.6 is 0 Å². The van der Waals surface area contributed by atoms with E-state index < -0.39 is 6.10 Å². The van der Waals surface area contributed by atoms with Gasteiger partial charge in [-0.2, -0.15) is 0 Å². The molecule has 124 heavy (non-hydrogen) atoms. The van der Waals surface area contributed by atoms with E-state index in [1.165, 1.54) is 379 Å². The zero-order valence-corrected chi connectivity index (χ0v) is 83.6. The average Bonchev–Trinajstić information content (AvgIpc) is 0.895. The van der Waals surface area contributed by atoms with Crippen LogP contribution in [0.1, 0.15) is 593 Å². The van der Waals surface area contributed by atoms with Gasteiger partial charge in [0, 0.05) is 38.9 Å². The van der Waals surface area contributed by atoms with Gasteiger partial charge in [-0.15, -0.1) is 0 Å². The van der Waals surface area contributed by atoms with Crippen molar-refractivity contribution >= 4 is 23.9 Å². The molecule has 0 aromatic carbocycles. The molecule has 0 aliphatic heterocycles. The van der Waals surface area contributed by atoms with Crippen molar-refractivity contribution in [2.75, 3.05) is 33.0 Å². The Morgan fingerprint density at radius 3 is 0.653 bits per heavy atom. The van der Waals surface area contributed by atoms with Crippen LogP contribution in [-0.4, -0.2) is 75.2 Å². The summed E-state index contributed by atoms with van der Waals surface area (Å²) in [6.07, 6.45) is 126. The summed E-state index contributed by atoms with van der Waals surface area (Å²) in [6, 6.07) is 0. The molecule has 0 rings (SSSR count). The first-order valence-electron chi connectivity index (χ1n) is 55.4. The van der Waals surface area contributed by atoms with Crippen molar-refractivity contribution in [3.05, 3.63) is 60.8 Å². The highest BCUT2D eigenvalue weighted by Crippen LogP contribution is 2.24. The van der Waals surface area contributed by atoms with Gasteiger partial charge in [0.2, 0.25) is 0 Å². The molecule has 3 atom stereocenters. The number of carbonyl (C=O) groups excluding carboxylic acids is 4. The molecule has 728 valence electrons. The SMILES string of the molecule is CCCCCCCCC=CCCCCCCCCOCC(OCCCCCCCCC=CCCCCCCCC)C(CCCCCCCCC=CCCCCCCCC(=O)OCC(COC(=O)CCCCCCCC=CCCCCCCCC)OC(=O)CCCCCCCC=CCCCCCCCC)OC(=O)CCCCCCCCCCCCCCCCC. The fourth-order valence-electron chi connectivity index (χ4n) is 16.9. The lowest BCUT2D eigenvalue weighted by molar-refractivity contribution is -0.167. The van der Waals surface area contributed by atoms with Gasteiger partial charge in [-0.25, -0.2) is 0 Å². The van der Waals surface area contributed by atoms with Gasteiger partial charge in [0.05, 0.1) is 6.61 Å². The Kier molecular flexibility index (Phi) is 104. The zero-order valence-electron chi connectivity index (χ0n) is 83.6. The van der Waals surface area contributed by atoms with E-state index >= 15 is 0 Å². The summed E-state index contributed by atoms with van der Waals surface area (Å²) in [4.78, 5) is 52.8. The maximum absolute atomic E-state index is 13.8. The molecule has 0 N–H and O–H groups in total. The molecule has 0 radical (unpaired) electrons. The largest absolute Gasteiger partial charge is 0.462 e. The van der Waals surface area contributed by atoms with Crippen LogP contribution in [-0.2, 0) is 47.6 Å². The van der Waals surface area contributed by atoms with Crippen LogP contribution in [0.25, 0.3) is 0 Å². The van der Waals surface area contributed by atoms with Gasteiger partial charge in [0.1, 0.15) is 25.4 Å². The summed E-state index contributed by atoms with van der Waals surface area (Å²) in [5, 5.41) is 0. The minimum Gasteiger partial charge on any atom is -0.462 e. The highest BCUT2D eigenvalue weighted by Gasteiger charge is 2.27. The second kappa shape index (κ2) is 107. The molecule has 0 fully saturated rings. The first-order chi connectivity index (χ1) is 61.3. The summed E-state index contributed by atoms with van der Waals surface area (Å²) < 4.78 is 37.0. The summed E-state index contributed by atoms with van der Waals surface area (Å²) in [7, 11) is 0. The van der Waals surface area contributed by atoms with Crippen molar-refractivity contribution in [2.24, 2.45) is 0 Å². The van der Waals surface area contributed by atoms with Crippen molar-refractivity contribution in [2.45, 2.75) is 612 Å². The topological polar surface area (TPSA) is 124 Å². The van der Waals surface area contributed by atoms with Gasteiger partial charge >= 0.3 is 23.9 Å². The van der Waals surface area contributed by atoms with Crippen LogP contribution in [0.3, 0.4) is 0 Å². The van der Waals surface area contributed by atoms with Crippen molar-refractivity contribution in [1.82, 2.24) is 0 Å². The van der Waals surface area contributed by atoms with Crippen LogP contribution in [0.4, 0.5) is 0 Å². The van der Waals surface area contributed by atoms with E-state index in [1.807, 2.05) is 0 Å². The molecule has 0 aromatic heterocycles. The monoisotopic (exact) mass is 1740 g/mol. The van der Waals surface area contributed by atoms with Gasteiger partial charge in [0.25, 0.3) is 0 Å². The molecule has 0 heterocycles. The van der Waals surface area contributed by atoms with E-state index in [0.29, 0.717) is 38.9 Å². The van der Waals surface area contributed by atoms with Gasteiger partial charge < -0.3 is 28.4 Å². The number of hydrogen-bond acceptors (Lipinski definition) is 10. The maximum atomic E-state index is 13.8. The van der Waals surface area contributed by atoms with Crippen LogP contribution in [0, 0.1) is 0 Å². The molecule has 0 saturated heterocycles. The second-order valence-corrected chi connectivity index (χ2v) is 37.7. The molecule has 0 aliphatic carbocycles. The molecule has 0 amide bonds. The third kappa shape index (κ3) is 99.1. The Bertz CT molecular complexity index is 2290. The normalized spacial score (nSPS) is 12.7. The Labute approximate surface area is 772 Å². The zero-order chi connectivity index (χ0) is 89.4. The first kappa shape index (κ1) is 120. The van der Waals surface area contributed by atoms with E-state index in [0.717, 1.165) is 161 Å². The van der Waals surface area contributed by atoms with Crippen molar-refractivity contribution < 1.29 is 47.6 Å². The van der Waals surface area contributed by atoms with Gasteiger partial charge in [-0.1, -0.05) is 449 Å². The lowest BCUT2D eigenvalue weighted by Crippen LogP contribution is -2.37. The number of unbranched alkanes of at least 4 members (excludes halogenated alkanes) is 71. The number of allylic oxidation sites excluding steroid dienone is 10. The number of esters is 4. The predicted octanol–water partition coefficient (Wildman–Crippen LogP) is 37.1. The average molecular weight is 1740 g/mol. The Balaban J connectivity index is 5.29. The first-order valence-corrected chi connectivity index (χ1v) is 55.4. The minimum atomic E-state index is -0.812. The van der Waals surface area contributed by atoms with Crippen molar-refractivity contribution in [3.8, 4) is 0 Å². The second-order valence-electron chi connectivity index (χ2n) is 37.7. The number of rotatable bonds is 105. The Morgan fingerprint density at radius 1 is 0.194 bits per heavy atom. The summed E-state index contributed by atoms with van der Waals surface area (Å²) in [6.45, 7) is 13.1. The molecule has 10 heteroatoms. The Hall–Kier alpha value is -3.50. The van der Waals surface area contributed by atoms with Crippen LogP contribution < -0.4 is 0 Å². The lowest BCUT2D eigenvalue weighted by Gasteiger charge is -2.28. The standard InChI is InChI=1S/C114H212O10/c1-6-11-16-21-26-31-36-41-46-54-61-68-75-82-89-96-103-119-107-110(120-104-97-90-83-76-69-62-55-47-42-37-32-27-22-17-12-7-2)109(124-114(118)102-95-88-81-74-67-60-51-45-40-35-30-25-20-15-10-5)98-91-84-77-70-63-56-52-48-53-58-65-72-79-86-93-100-112(116)122-106-108(123-113(117)101-94-87-80-73-66-59-50-44-39-34-29-24-19-14-9-4)105-121-111(115)99-92-85-78-71-64-57-49-43-38-33-28-23-18-13-8-3/h41-44,46-50,53,108-110H,6-40,45,51-52,54-107H2,1-5H3. The molecular formula is C114H212O10. The summed E-state index contributed by atoms with van der Waals surface area (Å²) >= 11 is 0. The minimum absolute atomic E-state index is 0.0547. The lowest BCUT2D eigenvalue weighted by atomic mass is 10.0. The van der Waals surface area contributed by atoms with E-state index in [4.69, 9.17) is 28.4 Å². The van der Waals surface area contributed by atoms with Crippen LogP contribution in [0.5, 0.6) is 0 Å². The fraction of sp³-hybridized carbons (Fsp3) is 0.877. The highest BCUT2D eigenvalue weighted by atomic mass is 16.6. The number of hydrogen-bond donors (Lipinski definition) is 0. The molecule has 0 bridgehead atoms. The van der Waals surface area contributed by atoms with Crippen molar-refractivity contribution in [1.29, 1.82) is 0 Å². The number of ether oxygens (including phenoxy) is 6. The van der Waals surface area contributed by atoms with E-state index in [1.54, 1.807) is 0 Å². The molecule has 0 spiro atoms. The number of carbonyl (C=O) groups is 4. The summed E-state index contributed by atoms with van der Waals surface area (Å²) in [5.41, 5.74) is 0. The maximum Gasteiger partial charge on any atom is 0.306 e. The molecule has 0 saturated carbocycles. The fourth-order valence-corrected chi connectivity index (χ4v) is 16.9. The van der Waals surface area contributed by atoms with Crippen LogP contribution in [0.2, 0.25) is 0 Å². The highest BCUT2D eigenvalue weighted by molar-refractivity contribution is 5.71. The van der Waals surface area contributed by atoms with E-state index in [9.17, 15) is 19.2 Å². The molecule has 0 aliphatic rings. The molecule has 3 unspecified atom stereocenters. The van der Waals surface area contributed by atoms with Gasteiger partial charge in [-0.05, 0) is 180 Å². The third-order valence-electron chi connectivity index (χ3n) is 25.2. The van der Waals surface area contributed by atoms with E-state index in [-0.39, 0.29) is 49.3 Å². The predicted molar refractivity (Wildman–Crippen MR) is 538 cm³/mol. The summed E-state index contributed by atoms with van der Waals surface area (Å²) in [5.74, 6) is -0.976. The molecular weight excluding hydrogens is 1530 g/mol.